The van der Waals surface area contributed by atoms with Gasteiger partial charge in [0.25, 0.3) is 5.91 Å². The van der Waals surface area contributed by atoms with E-state index in [1.807, 2.05) is 6.92 Å². The molecule has 0 saturated heterocycles. The van der Waals surface area contributed by atoms with Crippen LogP contribution in [0.3, 0.4) is 0 Å². The second-order valence-corrected chi connectivity index (χ2v) is 5.74. The van der Waals surface area contributed by atoms with Crippen LogP contribution in [0.1, 0.15) is 37.6 Å². The van der Waals surface area contributed by atoms with Gasteiger partial charge in [0.2, 0.25) is 0 Å². The first-order chi connectivity index (χ1) is 7.86. The summed E-state index contributed by atoms with van der Waals surface area (Å²) in [5.41, 5.74) is 5.86. The number of furan rings is 1. The summed E-state index contributed by atoms with van der Waals surface area (Å²) in [5.74, 6) is 0.313. The molecule has 0 bridgehead atoms. The number of hydrogen-bond acceptors (Lipinski definition) is 3. The van der Waals surface area contributed by atoms with Gasteiger partial charge in [-0.1, -0.05) is 13.8 Å². The van der Waals surface area contributed by atoms with E-state index < -0.39 is 0 Å². The first-order valence-corrected chi connectivity index (χ1v) is 6.42. The van der Waals surface area contributed by atoms with Crippen molar-refractivity contribution >= 4 is 21.8 Å². The zero-order chi connectivity index (χ0) is 13.1. The second-order valence-electron chi connectivity index (χ2n) is 4.96. The molecule has 0 aliphatic rings. The van der Waals surface area contributed by atoms with E-state index >= 15 is 0 Å². The topological polar surface area (TPSA) is 68.3 Å². The highest BCUT2D eigenvalue weighted by Crippen LogP contribution is 2.18. The largest absolute Gasteiger partial charge is 0.457 e. The number of rotatable bonds is 5. The molecule has 1 aromatic rings. The Bertz CT molecular complexity index is 390. The van der Waals surface area contributed by atoms with Crippen molar-refractivity contribution in [1.29, 1.82) is 0 Å². The lowest BCUT2D eigenvalue weighted by Gasteiger charge is -2.31. The molecule has 17 heavy (non-hydrogen) atoms. The van der Waals surface area contributed by atoms with Crippen molar-refractivity contribution in [2.45, 2.75) is 32.7 Å². The monoisotopic (exact) mass is 302 g/mol. The number of nitrogens with one attached hydrogen (secondary N) is 1. The molecule has 1 rings (SSSR count). The Balaban J connectivity index is 2.71. The molecule has 0 aliphatic carbocycles. The molecular weight excluding hydrogens is 284 g/mol. The van der Waals surface area contributed by atoms with Crippen LogP contribution < -0.4 is 11.1 Å². The number of nitrogens with two attached hydrogens (primary N) is 1. The van der Waals surface area contributed by atoms with Crippen LogP contribution in [0.4, 0.5) is 0 Å². The highest BCUT2D eigenvalue weighted by molar-refractivity contribution is 9.10. The molecule has 0 aliphatic heterocycles. The molecule has 0 saturated carbocycles. The first kappa shape index (κ1) is 14.3. The van der Waals surface area contributed by atoms with E-state index in [9.17, 15) is 4.79 Å². The standard InChI is InChI=1S/C12H19BrN2O2/c1-8(2)5-12(3,7-14)15-11(16)9-4-10(13)17-6-9/h4,6,8H,5,7,14H2,1-3H3,(H,15,16). The third-order valence-electron chi connectivity index (χ3n) is 2.55. The summed E-state index contributed by atoms with van der Waals surface area (Å²) >= 11 is 3.17. The summed E-state index contributed by atoms with van der Waals surface area (Å²) in [4.78, 5) is 12.0. The highest BCUT2D eigenvalue weighted by Gasteiger charge is 2.26. The van der Waals surface area contributed by atoms with Crippen molar-refractivity contribution in [1.82, 2.24) is 5.32 Å². The predicted molar refractivity (Wildman–Crippen MR) is 70.8 cm³/mol. The number of carbonyl (C=O) groups is 1. The van der Waals surface area contributed by atoms with Crippen LogP contribution in [-0.2, 0) is 0 Å². The molecule has 0 radical (unpaired) electrons. The number of amides is 1. The Hall–Kier alpha value is -0.810. The summed E-state index contributed by atoms with van der Waals surface area (Å²) < 4.78 is 5.58. The summed E-state index contributed by atoms with van der Waals surface area (Å²) in [6, 6.07) is 1.64. The van der Waals surface area contributed by atoms with E-state index in [2.05, 4.69) is 35.1 Å². The summed E-state index contributed by atoms with van der Waals surface area (Å²) in [6.07, 6.45) is 2.26. The third kappa shape index (κ3) is 4.16. The van der Waals surface area contributed by atoms with E-state index in [0.29, 0.717) is 22.7 Å². The summed E-state index contributed by atoms with van der Waals surface area (Å²) in [6.45, 7) is 6.58. The minimum atomic E-state index is -0.380. The van der Waals surface area contributed by atoms with E-state index in [4.69, 9.17) is 10.2 Å². The summed E-state index contributed by atoms with van der Waals surface area (Å²) in [5, 5.41) is 2.96. The Labute approximate surface area is 110 Å². The fraction of sp³-hybridized carbons (Fsp3) is 0.583. The maximum absolute atomic E-state index is 12.0. The van der Waals surface area contributed by atoms with Gasteiger partial charge in [0.05, 0.1) is 5.56 Å². The van der Waals surface area contributed by atoms with Gasteiger partial charge in [-0.25, -0.2) is 0 Å². The van der Waals surface area contributed by atoms with Crippen LogP contribution in [0, 0.1) is 5.92 Å². The van der Waals surface area contributed by atoms with Gasteiger partial charge in [0.1, 0.15) is 6.26 Å². The number of hydrogen-bond donors (Lipinski definition) is 2. The van der Waals surface area contributed by atoms with Gasteiger partial charge >= 0.3 is 0 Å². The predicted octanol–water partition coefficient (Wildman–Crippen LogP) is 2.54. The fourth-order valence-electron chi connectivity index (χ4n) is 1.86. The van der Waals surface area contributed by atoms with Crippen LogP contribution in [0.25, 0.3) is 0 Å². The molecule has 5 heteroatoms. The van der Waals surface area contributed by atoms with Gasteiger partial charge in [-0.05, 0) is 35.2 Å². The zero-order valence-corrected chi connectivity index (χ0v) is 12.0. The third-order valence-corrected chi connectivity index (χ3v) is 2.97. The lowest BCUT2D eigenvalue weighted by atomic mass is 9.90. The van der Waals surface area contributed by atoms with Crippen molar-refractivity contribution in [2.24, 2.45) is 11.7 Å². The Kier molecular flexibility index (Phi) is 4.77. The molecule has 1 amide bonds. The molecule has 4 nitrogen and oxygen atoms in total. The molecule has 0 aromatic carbocycles. The normalized spacial score (nSPS) is 14.7. The van der Waals surface area contributed by atoms with Gasteiger partial charge in [-0.3, -0.25) is 4.79 Å². The summed E-state index contributed by atoms with van der Waals surface area (Å²) in [7, 11) is 0. The van der Waals surface area contributed by atoms with Crippen molar-refractivity contribution in [3.05, 3.63) is 22.6 Å². The second kappa shape index (κ2) is 5.69. The van der Waals surface area contributed by atoms with Crippen molar-refractivity contribution < 1.29 is 9.21 Å². The van der Waals surface area contributed by atoms with Crippen LogP contribution in [0.5, 0.6) is 0 Å². The molecular formula is C12H19BrN2O2. The lowest BCUT2D eigenvalue weighted by Crippen LogP contribution is -2.52. The van der Waals surface area contributed by atoms with Crippen LogP contribution >= 0.6 is 15.9 Å². The van der Waals surface area contributed by atoms with Gasteiger partial charge in [0.15, 0.2) is 4.67 Å². The van der Waals surface area contributed by atoms with E-state index in [0.717, 1.165) is 6.42 Å². The van der Waals surface area contributed by atoms with Gasteiger partial charge < -0.3 is 15.5 Å². The minimum Gasteiger partial charge on any atom is -0.457 e. The molecule has 1 heterocycles. The SMILES string of the molecule is CC(C)CC(C)(CN)NC(=O)c1coc(Br)c1. The molecule has 1 atom stereocenters. The van der Waals surface area contributed by atoms with Gasteiger partial charge in [-0.15, -0.1) is 0 Å². The Morgan fingerprint density at radius 3 is 2.71 bits per heavy atom. The average Bonchev–Trinajstić information content (AvgIpc) is 2.63. The molecule has 0 spiro atoms. The first-order valence-electron chi connectivity index (χ1n) is 5.63. The van der Waals surface area contributed by atoms with Crippen molar-refractivity contribution in [2.75, 3.05) is 6.54 Å². The van der Waals surface area contributed by atoms with Crippen molar-refractivity contribution in [3.63, 3.8) is 0 Å². The smallest absolute Gasteiger partial charge is 0.255 e. The van der Waals surface area contributed by atoms with Crippen LogP contribution in [0.15, 0.2) is 21.4 Å². The molecule has 0 fully saturated rings. The maximum atomic E-state index is 12.0. The maximum Gasteiger partial charge on any atom is 0.255 e. The molecule has 96 valence electrons. The fourth-order valence-corrected chi connectivity index (χ4v) is 2.20. The number of carbonyl (C=O) groups excluding carboxylic acids is 1. The Morgan fingerprint density at radius 1 is 1.65 bits per heavy atom. The van der Waals surface area contributed by atoms with Gasteiger partial charge in [-0.2, -0.15) is 0 Å². The molecule has 3 N–H and O–H groups in total. The molecule has 1 unspecified atom stereocenters. The van der Waals surface area contributed by atoms with E-state index in [-0.39, 0.29) is 11.4 Å². The Morgan fingerprint density at radius 2 is 2.29 bits per heavy atom. The molecule has 1 aromatic heterocycles. The quantitative estimate of drug-likeness (QED) is 0.878. The van der Waals surface area contributed by atoms with E-state index in [1.165, 1.54) is 6.26 Å². The lowest BCUT2D eigenvalue weighted by molar-refractivity contribution is 0.0897. The van der Waals surface area contributed by atoms with Crippen LogP contribution in [0.2, 0.25) is 0 Å². The zero-order valence-electron chi connectivity index (χ0n) is 10.4. The van der Waals surface area contributed by atoms with Gasteiger partial charge in [0, 0.05) is 18.2 Å². The average molecular weight is 303 g/mol. The van der Waals surface area contributed by atoms with Crippen LogP contribution in [-0.4, -0.2) is 18.0 Å². The number of halogens is 1. The minimum absolute atomic E-state index is 0.159. The van der Waals surface area contributed by atoms with Crippen molar-refractivity contribution in [3.8, 4) is 0 Å². The van der Waals surface area contributed by atoms with E-state index in [1.54, 1.807) is 6.07 Å². The highest BCUT2D eigenvalue weighted by atomic mass is 79.9.